The van der Waals surface area contributed by atoms with Crippen LogP contribution in [0.2, 0.25) is 5.02 Å². The van der Waals surface area contributed by atoms with Gasteiger partial charge < -0.3 is 5.11 Å². The van der Waals surface area contributed by atoms with Crippen molar-refractivity contribution in [3.05, 3.63) is 34.9 Å². The zero-order valence-electron chi connectivity index (χ0n) is 6.08. The molecule has 0 atom stereocenters. The van der Waals surface area contributed by atoms with E-state index in [1.165, 1.54) is 0 Å². The number of nitrogens with zero attached hydrogens (tertiary/aromatic N) is 1. The minimum atomic E-state index is 0.514. The zero-order chi connectivity index (χ0) is 8.69. The largest absolute Gasteiger partial charge is 0.400 e. The van der Waals surface area contributed by atoms with Crippen molar-refractivity contribution in [1.82, 2.24) is 0 Å². The van der Waals surface area contributed by atoms with Crippen LogP contribution in [0.25, 0.3) is 0 Å². The molecule has 0 amide bonds. The first-order valence-corrected chi connectivity index (χ1v) is 3.32. The summed E-state index contributed by atoms with van der Waals surface area (Å²) in [6.45, 7) is 0. The molecule has 3 heteroatoms. The Hall–Kier alpha value is -1.04. The molecule has 0 saturated carbocycles. The van der Waals surface area contributed by atoms with Crippen molar-refractivity contribution in [2.45, 2.75) is 0 Å². The third-order valence-electron chi connectivity index (χ3n) is 0.994. The average Bonchev–Trinajstić information content (AvgIpc) is 2.09. The maximum atomic E-state index is 8.38. The molecule has 0 heterocycles. The Labute approximate surface area is 70.7 Å². The molecule has 1 rings (SSSR count). The van der Waals surface area contributed by atoms with Crippen LogP contribution in [0, 0.1) is 11.3 Å². The fraction of sp³-hybridized carbons (Fsp3) is 0.125. The van der Waals surface area contributed by atoms with Gasteiger partial charge in [0.05, 0.1) is 10.6 Å². The molecule has 2 nitrogen and oxygen atoms in total. The van der Waals surface area contributed by atoms with Crippen LogP contribution >= 0.6 is 11.6 Å². The number of aliphatic hydroxyl groups is 1. The van der Waals surface area contributed by atoms with Gasteiger partial charge in [-0.05, 0) is 12.1 Å². The topological polar surface area (TPSA) is 44.0 Å². The average molecular weight is 170 g/mol. The number of hydrogen-bond acceptors (Lipinski definition) is 2. The SMILES string of the molecule is CO.N#Cc1ccccc1Cl. The van der Waals surface area contributed by atoms with Crippen LogP contribution < -0.4 is 0 Å². The Kier molecular flexibility index (Phi) is 5.18. The summed E-state index contributed by atoms with van der Waals surface area (Å²) in [6.07, 6.45) is 0. The molecule has 0 fully saturated rings. The standard InChI is InChI=1S/C7H4ClN.CH4O/c8-7-4-2-1-3-6(7)5-9;1-2/h1-4H;2H,1H3. The van der Waals surface area contributed by atoms with Crippen molar-refractivity contribution >= 4 is 11.6 Å². The fourth-order valence-corrected chi connectivity index (χ4v) is 0.730. The minimum Gasteiger partial charge on any atom is -0.400 e. The molecule has 1 aromatic rings. The predicted octanol–water partition coefficient (Wildman–Crippen LogP) is 1.82. The van der Waals surface area contributed by atoms with Crippen molar-refractivity contribution in [2.24, 2.45) is 0 Å². The summed E-state index contributed by atoms with van der Waals surface area (Å²) in [5.74, 6) is 0. The van der Waals surface area contributed by atoms with Crippen molar-refractivity contribution in [1.29, 1.82) is 5.26 Å². The van der Waals surface area contributed by atoms with E-state index in [9.17, 15) is 0 Å². The Morgan fingerprint density at radius 1 is 1.36 bits per heavy atom. The van der Waals surface area contributed by atoms with E-state index in [0.717, 1.165) is 7.11 Å². The first-order chi connectivity index (χ1) is 5.34. The molecule has 0 aliphatic heterocycles. The molecule has 1 N–H and O–H groups in total. The maximum absolute atomic E-state index is 8.38. The molecule has 0 radical (unpaired) electrons. The Balaban J connectivity index is 0.000000461. The van der Waals surface area contributed by atoms with Gasteiger partial charge in [0, 0.05) is 7.11 Å². The van der Waals surface area contributed by atoms with Crippen LogP contribution in [0.5, 0.6) is 0 Å². The lowest BCUT2D eigenvalue weighted by atomic mass is 10.2. The molecule has 0 unspecified atom stereocenters. The Bertz CT molecular complexity index is 255. The number of rotatable bonds is 0. The normalized spacial score (nSPS) is 7.45. The number of halogens is 1. The fourth-order valence-electron chi connectivity index (χ4n) is 0.552. The van der Waals surface area contributed by atoms with Crippen LogP contribution in [0.3, 0.4) is 0 Å². The van der Waals surface area contributed by atoms with Crippen LogP contribution in [0.4, 0.5) is 0 Å². The van der Waals surface area contributed by atoms with E-state index in [2.05, 4.69) is 0 Å². The second kappa shape index (κ2) is 5.72. The van der Waals surface area contributed by atoms with Crippen LogP contribution in [0.1, 0.15) is 5.56 Å². The third kappa shape index (κ3) is 3.03. The lowest BCUT2D eigenvalue weighted by Gasteiger charge is -1.88. The highest BCUT2D eigenvalue weighted by molar-refractivity contribution is 6.31. The van der Waals surface area contributed by atoms with Crippen molar-refractivity contribution in [3.63, 3.8) is 0 Å². The smallest absolute Gasteiger partial charge is 0.101 e. The first kappa shape index (κ1) is 9.96. The monoisotopic (exact) mass is 169 g/mol. The van der Waals surface area contributed by atoms with E-state index in [1.807, 2.05) is 6.07 Å². The van der Waals surface area contributed by atoms with E-state index < -0.39 is 0 Å². The number of benzene rings is 1. The van der Waals surface area contributed by atoms with Gasteiger partial charge in [0.1, 0.15) is 6.07 Å². The Morgan fingerprint density at radius 3 is 2.27 bits per heavy atom. The molecular formula is C8H8ClNO. The van der Waals surface area contributed by atoms with E-state index in [0.29, 0.717) is 10.6 Å². The molecule has 11 heavy (non-hydrogen) atoms. The van der Waals surface area contributed by atoms with Crippen LogP contribution in [-0.2, 0) is 0 Å². The minimum absolute atomic E-state index is 0.514. The lowest BCUT2D eigenvalue weighted by molar-refractivity contribution is 0.399. The van der Waals surface area contributed by atoms with Gasteiger partial charge >= 0.3 is 0 Å². The van der Waals surface area contributed by atoms with Gasteiger partial charge in [0.2, 0.25) is 0 Å². The summed E-state index contributed by atoms with van der Waals surface area (Å²) in [7, 11) is 1.00. The predicted molar refractivity (Wildman–Crippen MR) is 44.3 cm³/mol. The van der Waals surface area contributed by atoms with E-state index >= 15 is 0 Å². The number of aliphatic hydroxyl groups excluding tert-OH is 1. The summed E-state index contributed by atoms with van der Waals surface area (Å²) in [4.78, 5) is 0. The van der Waals surface area contributed by atoms with Crippen molar-refractivity contribution < 1.29 is 5.11 Å². The molecule has 0 aromatic heterocycles. The molecule has 0 spiro atoms. The quantitative estimate of drug-likeness (QED) is 0.644. The summed E-state index contributed by atoms with van der Waals surface area (Å²) in [6, 6.07) is 8.92. The van der Waals surface area contributed by atoms with Crippen molar-refractivity contribution in [2.75, 3.05) is 7.11 Å². The molecule has 58 valence electrons. The molecule has 1 aromatic carbocycles. The van der Waals surface area contributed by atoms with Gasteiger partial charge in [-0.25, -0.2) is 0 Å². The number of nitriles is 1. The van der Waals surface area contributed by atoms with Crippen LogP contribution in [-0.4, -0.2) is 12.2 Å². The molecule has 0 aliphatic rings. The van der Waals surface area contributed by atoms with Gasteiger partial charge in [0.25, 0.3) is 0 Å². The highest BCUT2D eigenvalue weighted by Crippen LogP contribution is 2.12. The highest BCUT2D eigenvalue weighted by atomic mass is 35.5. The number of hydrogen-bond donors (Lipinski definition) is 1. The second-order valence-electron chi connectivity index (χ2n) is 1.59. The van der Waals surface area contributed by atoms with Gasteiger partial charge in [-0.2, -0.15) is 5.26 Å². The van der Waals surface area contributed by atoms with Crippen molar-refractivity contribution in [3.8, 4) is 6.07 Å². The van der Waals surface area contributed by atoms with Gasteiger partial charge in [-0.15, -0.1) is 0 Å². The van der Waals surface area contributed by atoms with Gasteiger partial charge in [-0.1, -0.05) is 23.7 Å². The zero-order valence-corrected chi connectivity index (χ0v) is 6.84. The summed E-state index contributed by atoms with van der Waals surface area (Å²) in [5, 5.41) is 15.9. The molecule has 0 saturated heterocycles. The van der Waals surface area contributed by atoms with Gasteiger partial charge in [0.15, 0.2) is 0 Å². The van der Waals surface area contributed by atoms with Gasteiger partial charge in [-0.3, -0.25) is 0 Å². The van der Waals surface area contributed by atoms with Crippen LogP contribution in [0.15, 0.2) is 24.3 Å². The summed E-state index contributed by atoms with van der Waals surface area (Å²) >= 11 is 5.60. The summed E-state index contributed by atoms with van der Waals surface area (Å²) in [5.41, 5.74) is 0.527. The molecule has 0 bridgehead atoms. The molecule has 0 aliphatic carbocycles. The maximum Gasteiger partial charge on any atom is 0.101 e. The highest BCUT2D eigenvalue weighted by Gasteiger charge is 1.92. The third-order valence-corrected chi connectivity index (χ3v) is 1.32. The second-order valence-corrected chi connectivity index (χ2v) is 2.00. The molecular weight excluding hydrogens is 162 g/mol. The summed E-state index contributed by atoms with van der Waals surface area (Å²) < 4.78 is 0. The Morgan fingerprint density at radius 2 is 1.91 bits per heavy atom. The first-order valence-electron chi connectivity index (χ1n) is 2.94. The lowest BCUT2D eigenvalue weighted by Crippen LogP contribution is -1.71. The van der Waals surface area contributed by atoms with E-state index in [1.54, 1.807) is 24.3 Å². The van der Waals surface area contributed by atoms with E-state index in [-0.39, 0.29) is 0 Å². The van der Waals surface area contributed by atoms with E-state index in [4.69, 9.17) is 22.0 Å².